The van der Waals surface area contributed by atoms with Gasteiger partial charge in [-0.3, -0.25) is 4.79 Å². The molecule has 20 heavy (non-hydrogen) atoms. The van der Waals surface area contributed by atoms with Crippen molar-refractivity contribution in [2.24, 2.45) is 5.92 Å². The van der Waals surface area contributed by atoms with Gasteiger partial charge in [-0.2, -0.15) is 0 Å². The Kier molecular flexibility index (Phi) is 5.62. The first-order valence-corrected chi connectivity index (χ1v) is 6.67. The van der Waals surface area contributed by atoms with Gasteiger partial charge < -0.3 is 10.4 Å². The van der Waals surface area contributed by atoms with Crippen LogP contribution in [0.3, 0.4) is 0 Å². The highest BCUT2D eigenvalue weighted by atomic mass is 19.1. The molecule has 0 fully saturated rings. The zero-order valence-electron chi connectivity index (χ0n) is 12.0. The first-order valence-electron chi connectivity index (χ1n) is 6.67. The zero-order valence-corrected chi connectivity index (χ0v) is 12.0. The summed E-state index contributed by atoms with van der Waals surface area (Å²) in [4.78, 5) is 11.8. The predicted octanol–water partition coefficient (Wildman–Crippen LogP) is 2.88. The molecule has 0 heterocycles. The van der Waals surface area contributed by atoms with Crippen LogP contribution in [0.5, 0.6) is 0 Å². The molecular formula is C15H21F2NO2. The Bertz CT molecular complexity index is 473. The molecular weight excluding hydrogens is 264 g/mol. The van der Waals surface area contributed by atoms with Gasteiger partial charge in [0.05, 0.1) is 11.2 Å². The van der Waals surface area contributed by atoms with Crippen molar-refractivity contribution in [3.8, 4) is 0 Å². The second kappa shape index (κ2) is 6.79. The summed E-state index contributed by atoms with van der Waals surface area (Å²) in [7, 11) is 0. The predicted molar refractivity (Wildman–Crippen MR) is 73.4 cm³/mol. The number of nitrogens with one attached hydrogen (secondary N) is 1. The fraction of sp³-hybridized carbons (Fsp3) is 0.533. The smallest absolute Gasteiger partial charge is 0.254 e. The van der Waals surface area contributed by atoms with E-state index in [9.17, 15) is 18.7 Å². The van der Waals surface area contributed by atoms with Crippen LogP contribution in [0.25, 0.3) is 0 Å². The molecule has 1 aromatic rings. The molecule has 0 saturated carbocycles. The van der Waals surface area contributed by atoms with Crippen LogP contribution in [0.15, 0.2) is 18.2 Å². The van der Waals surface area contributed by atoms with E-state index in [0.29, 0.717) is 18.4 Å². The maximum absolute atomic E-state index is 13.4. The van der Waals surface area contributed by atoms with Gasteiger partial charge in [0.2, 0.25) is 0 Å². The van der Waals surface area contributed by atoms with E-state index < -0.39 is 23.1 Å². The molecule has 2 N–H and O–H groups in total. The molecule has 0 aromatic heterocycles. The number of aliphatic hydroxyl groups is 1. The molecule has 0 aliphatic carbocycles. The summed E-state index contributed by atoms with van der Waals surface area (Å²) >= 11 is 0. The Morgan fingerprint density at radius 2 is 2.05 bits per heavy atom. The van der Waals surface area contributed by atoms with Gasteiger partial charge in [0.25, 0.3) is 5.91 Å². The number of halogens is 2. The summed E-state index contributed by atoms with van der Waals surface area (Å²) in [6.07, 6.45) is 1.37. The monoisotopic (exact) mass is 285 g/mol. The van der Waals surface area contributed by atoms with E-state index in [1.54, 1.807) is 6.92 Å². The molecule has 3 nitrogen and oxygen atoms in total. The number of carbonyl (C=O) groups is 1. The molecule has 0 aliphatic heterocycles. The summed E-state index contributed by atoms with van der Waals surface area (Å²) in [5.41, 5.74) is -1.28. The molecule has 1 atom stereocenters. The molecule has 1 unspecified atom stereocenters. The minimum atomic E-state index is -1.05. The Balaban J connectivity index is 2.58. The summed E-state index contributed by atoms with van der Waals surface area (Å²) < 4.78 is 26.2. The Hall–Kier alpha value is -1.49. The van der Waals surface area contributed by atoms with E-state index in [-0.39, 0.29) is 12.1 Å². The van der Waals surface area contributed by atoms with Gasteiger partial charge in [0.15, 0.2) is 0 Å². The van der Waals surface area contributed by atoms with Gasteiger partial charge in [-0.1, -0.05) is 13.8 Å². The number of hydrogen-bond donors (Lipinski definition) is 2. The third kappa shape index (κ3) is 5.25. The Morgan fingerprint density at radius 3 is 2.60 bits per heavy atom. The van der Waals surface area contributed by atoms with Crippen LogP contribution in [0.4, 0.5) is 8.78 Å². The maximum atomic E-state index is 13.4. The molecule has 0 spiro atoms. The maximum Gasteiger partial charge on any atom is 0.254 e. The lowest BCUT2D eigenvalue weighted by molar-refractivity contribution is 0.0428. The Labute approximate surface area is 118 Å². The van der Waals surface area contributed by atoms with Crippen molar-refractivity contribution in [3.05, 3.63) is 35.4 Å². The molecule has 0 bridgehead atoms. The third-order valence-corrected chi connectivity index (χ3v) is 3.07. The van der Waals surface area contributed by atoms with Crippen molar-refractivity contribution in [1.82, 2.24) is 5.32 Å². The van der Waals surface area contributed by atoms with Gasteiger partial charge in [-0.05, 0) is 37.8 Å². The van der Waals surface area contributed by atoms with Crippen LogP contribution >= 0.6 is 0 Å². The molecule has 1 rings (SSSR count). The van der Waals surface area contributed by atoms with Crippen molar-refractivity contribution in [2.45, 2.75) is 39.2 Å². The van der Waals surface area contributed by atoms with Crippen molar-refractivity contribution < 1.29 is 18.7 Å². The normalized spacial score (nSPS) is 14.2. The van der Waals surface area contributed by atoms with Crippen molar-refractivity contribution >= 4 is 5.91 Å². The van der Waals surface area contributed by atoms with E-state index in [1.165, 1.54) is 0 Å². The van der Waals surface area contributed by atoms with Gasteiger partial charge in [-0.25, -0.2) is 8.78 Å². The highest BCUT2D eigenvalue weighted by molar-refractivity contribution is 5.94. The highest BCUT2D eigenvalue weighted by Gasteiger charge is 2.22. The summed E-state index contributed by atoms with van der Waals surface area (Å²) in [5.74, 6) is -1.86. The number of benzene rings is 1. The van der Waals surface area contributed by atoms with Crippen LogP contribution in [-0.2, 0) is 0 Å². The second-order valence-electron chi connectivity index (χ2n) is 5.74. The van der Waals surface area contributed by atoms with E-state index in [4.69, 9.17) is 0 Å². The lowest BCUT2D eigenvalue weighted by Gasteiger charge is -2.24. The molecule has 1 aromatic carbocycles. The molecule has 5 heteroatoms. The van der Waals surface area contributed by atoms with Gasteiger partial charge >= 0.3 is 0 Å². The molecule has 112 valence electrons. The van der Waals surface area contributed by atoms with Gasteiger partial charge in [-0.15, -0.1) is 0 Å². The van der Waals surface area contributed by atoms with Crippen LogP contribution in [0, 0.1) is 17.6 Å². The van der Waals surface area contributed by atoms with E-state index in [0.717, 1.165) is 18.6 Å². The molecule has 1 amide bonds. The minimum Gasteiger partial charge on any atom is -0.388 e. The molecule has 0 saturated heterocycles. The first kappa shape index (κ1) is 16.6. The summed E-state index contributed by atoms with van der Waals surface area (Å²) in [6, 6.07) is 2.77. The standard InChI is InChI=1S/C15H21F2NO2/c1-10(2)6-7-15(3,20)9-18-14(19)12-5-4-11(16)8-13(12)17/h4-5,8,10,20H,6-7,9H2,1-3H3,(H,18,19). The van der Waals surface area contributed by atoms with Crippen molar-refractivity contribution in [3.63, 3.8) is 0 Å². The fourth-order valence-corrected chi connectivity index (χ4v) is 1.73. The Morgan fingerprint density at radius 1 is 1.40 bits per heavy atom. The van der Waals surface area contributed by atoms with E-state index in [2.05, 4.69) is 5.32 Å². The van der Waals surface area contributed by atoms with Crippen LogP contribution in [0.2, 0.25) is 0 Å². The summed E-state index contributed by atoms with van der Waals surface area (Å²) in [6.45, 7) is 5.73. The number of amides is 1. The SMILES string of the molecule is CC(C)CCC(C)(O)CNC(=O)c1ccc(F)cc1F. The topological polar surface area (TPSA) is 49.3 Å². The van der Waals surface area contributed by atoms with E-state index >= 15 is 0 Å². The number of rotatable bonds is 6. The average molecular weight is 285 g/mol. The second-order valence-corrected chi connectivity index (χ2v) is 5.74. The van der Waals surface area contributed by atoms with Crippen LogP contribution < -0.4 is 5.32 Å². The molecule has 0 radical (unpaired) electrons. The van der Waals surface area contributed by atoms with Gasteiger partial charge in [0.1, 0.15) is 11.6 Å². The zero-order chi connectivity index (χ0) is 15.3. The summed E-state index contributed by atoms with van der Waals surface area (Å²) in [5, 5.41) is 12.6. The minimum absolute atomic E-state index is 0.0232. The lowest BCUT2D eigenvalue weighted by atomic mass is 9.95. The van der Waals surface area contributed by atoms with Crippen molar-refractivity contribution in [2.75, 3.05) is 6.54 Å². The molecule has 0 aliphatic rings. The largest absolute Gasteiger partial charge is 0.388 e. The quantitative estimate of drug-likeness (QED) is 0.844. The first-order chi connectivity index (χ1) is 9.21. The van der Waals surface area contributed by atoms with Crippen molar-refractivity contribution in [1.29, 1.82) is 0 Å². The average Bonchev–Trinajstić information content (AvgIpc) is 2.34. The number of hydrogen-bond acceptors (Lipinski definition) is 2. The van der Waals surface area contributed by atoms with Crippen LogP contribution in [-0.4, -0.2) is 23.2 Å². The number of carbonyl (C=O) groups excluding carboxylic acids is 1. The van der Waals surface area contributed by atoms with E-state index in [1.807, 2.05) is 13.8 Å². The third-order valence-electron chi connectivity index (χ3n) is 3.07. The lowest BCUT2D eigenvalue weighted by Crippen LogP contribution is -2.41. The highest BCUT2D eigenvalue weighted by Crippen LogP contribution is 2.16. The van der Waals surface area contributed by atoms with Crippen LogP contribution in [0.1, 0.15) is 44.0 Å². The van der Waals surface area contributed by atoms with Gasteiger partial charge in [0, 0.05) is 12.6 Å². The fourth-order valence-electron chi connectivity index (χ4n) is 1.73.